The standard InChI is InChI=1S/C18H25N3/c1-18(2,3)20-12-14-9-11-21(13-14)17-8-4-7-16-15(17)6-5-10-19-16/h4-8,10,14,20H,9,11-13H2,1-3H3. The van der Waals surface area contributed by atoms with Crippen LogP contribution in [0.3, 0.4) is 0 Å². The number of aromatic nitrogens is 1. The summed E-state index contributed by atoms with van der Waals surface area (Å²) in [7, 11) is 0. The maximum Gasteiger partial charge on any atom is 0.0722 e. The molecule has 2 aromatic rings. The topological polar surface area (TPSA) is 28.2 Å². The van der Waals surface area contributed by atoms with E-state index in [9.17, 15) is 0 Å². The van der Waals surface area contributed by atoms with Crippen LogP contribution in [-0.2, 0) is 0 Å². The molecule has 3 rings (SSSR count). The summed E-state index contributed by atoms with van der Waals surface area (Å²) >= 11 is 0. The lowest BCUT2D eigenvalue weighted by Crippen LogP contribution is -2.39. The van der Waals surface area contributed by atoms with E-state index in [4.69, 9.17) is 0 Å². The van der Waals surface area contributed by atoms with Crippen LogP contribution < -0.4 is 10.2 Å². The lowest BCUT2D eigenvalue weighted by molar-refractivity contribution is 0.383. The Labute approximate surface area is 127 Å². The van der Waals surface area contributed by atoms with Gasteiger partial charge in [-0.1, -0.05) is 6.07 Å². The molecule has 1 aliphatic rings. The number of hydrogen-bond donors (Lipinski definition) is 1. The molecule has 112 valence electrons. The number of nitrogens with zero attached hydrogens (tertiary/aromatic N) is 2. The summed E-state index contributed by atoms with van der Waals surface area (Å²) in [6.07, 6.45) is 3.13. The van der Waals surface area contributed by atoms with E-state index in [-0.39, 0.29) is 5.54 Å². The molecular weight excluding hydrogens is 258 g/mol. The molecule has 1 saturated heterocycles. The third kappa shape index (κ3) is 3.35. The Kier molecular flexibility index (Phi) is 3.85. The zero-order chi connectivity index (χ0) is 14.9. The molecule has 0 aliphatic carbocycles. The highest BCUT2D eigenvalue weighted by molar-refractivity contribution is 5.91. The molecule has 21 heavy (non-hydrogen) atoms. The van der Waals surface area contributed by atoms with Crippen molar-refractivity contribution in [3.63, 3.8) is 0 Å². The van der Waals surface area contributed by atoms with Crippen molar-refractivity contribution >= 4 is 16.6 Å². The van der Waals surface area contributed by atoms with E-state index in [1.807, 2.05) is 12.3 Å². The van der Waals surface area contributed by atoms with Crippen LogP contribution in [0.15, 0.2) is 36.5 Å². The highest BCUT2D eigenvalue weighted by Crippen LogP contribution is 2.30. The van der Waals surface area contributed by atoms with Crippen molar-refractivity contribution in [2.75, 3.05) is 24.5 Å². The average molecular weight is 283 g/mol. The average Bonchev–Trinajstić information content (AvgIpc) is 2.92. The van der Waals surface area contributed by atoms with Crippen molar-refractivity contribution < 1.29 is 0 Å². The zero-order valence-corrected chi connectivity index (χ0v) is 13.3. The quantitative estimate of drug-likeness (QED) is 0.935. The van der Waals surface area contributed by atoms with Gasteiger partial charge in [0.1, 0.15) is 0 Å². The molecule has 1 atom stereocenters. The van der Waals surface area contributed by atoms with Crippen molar-refractivity contribution in [2.24, 2.45) is 5.92 Å². The lowest BCUT2D eigenvalue weighted by Gasteiger charge is -2.24. The fourth-order valence-corrected chi connectivity index (χ4v) is 3.03. The molecule has 1 N–H and O–H groups in total. The first-order chi connectivity index (χ1) is 10.0. The van der Waals surface area contributed by atoms with Crippen LogP contribution in [0.25, 0.3) is 10.9 Å². The Morgan fingerprint density at radius 2 is 2.10 bits per heavy atom. The van der Waals surface area contributed by atoms with E-state index in [1.165, 1.54) is 17.5 Å². The first-order valence-corrected chi connectivity index (χ1v) is 7.87. The van der Waals surface area contributed by atoms with Gasteiger partial charge in [-0.3, -0.25) is 4.98 Å². The Bertz CT molecular complexity index is 610. The van der Waals surface area contributed by atoms with Gasteiger partial charge >= 0.3 is 0 Å². The molecule has 1 fully saturated rings. The van der Waals surface area contributed by atoms with Gasteiger partial charge < -0.3 is 10.2 Å². The van der Waals surface area contributed by atoms with Crippen molar-refractivity contribution in [1.82, 2.24) is 10.3 Å². The molecule has 1 aromatic heterocycles. The smallest absolute Gasteiger partial charge is 0.0722 e. The summed E-state index contributed by atoms with van der Waals surface area (Å²) in [4.78, 5) is 6.97. The first kappa shape index (κ1) is 14.3. The maximum absolute atomic E-state index is 4.46. The number of rotatable bonds is 3. The molecule has 0 saturated carbocycles. The van der Waals surface area contributed by atoms with Crippen LogP contribution >= 0.6 is 0 Å². The van der Waals surface area contributed by atoms with Crippen LogP contribution in [-0.4, -0.2) is 30.2 Å². The molecule has 0 bridgehead atoms. The van der Waals surface area contributed by atoms with Gasteiger partial charge in [-0.15, -0.1) is 0 Å². The second-order valence-electron chi connectivity index (χ2n) is 7.08. The number of nitrogens with one attached hydrogen (secondary N) is 1. The Hall–Kier alpha value is -1.61. The predicted octanol–water partition coefficient (Wildman–Crippen LogP) is 3.45. The Morgan fingerprint density at radius 1 is 1.24 bits per heavy atom. The fourth-order valence-electron chi connectivity index (χ4n) is 3.03. The number of benzene rings is 1. The van der Waals surface area contributed by atoms with E-state index in [2.05, 4.69) is 60.2 Å². The number of pyridine rings is 1. The van der Waals surface area contributed by atoms with Gasteiger partial charge in [0.25, 0.3) is 0 Å². The molecule has 0 amide bonds. The largest absolute Gasteiger partial charge is 0.371 e. The van der Waals surface area contributed by atoms with Crippen LogP contribution in [0, 0.1) is 5.92 Å². The van der Waals surface area contributed by atoms with Gasteiger partial charge in [-0.05, 0) is 57.4 Å². The summed E-state index contributed by atoms with van der Waals surface area (Å²) in [6.45, 7) is 10.1. The Balaban J connectivity index is 1.73. The number of hydrogen-bond acceptors (Lipinski definition) is 3. The van der Waals surface area contributed by atoms with Crippen molar-refractivity contribution in [1.29, 1.82) is 0 Å². The van der Waals surface area contributed by atoms with Crippen molar-refractivity contribution in [3.05, 3.63) is 36.5 Å². The van der Waals surface area contributed by atoms with Crippen LogP contribution in [0.1, 0.15) is 27.2 Å². The van der Waals surface area contributed by atoms with Gasteiger partial charge in [0.05, 0.1) is 5.52 Å². The molecule has 3 nitrogen and oxygen atoms in total. The van der Waals surface area contributed by atoms with E-state index in [1.54, 1.807) is 0 Å². The lowest BCUT2D eigenvalue weighted by atomic mass is 10.1. The van der Waals surface area contributed by atoms with Gasteiger partial charge in [0.2, 0.25) is 0 Å². The number of anilines is 1. The molecule has 0 spiro atoms. The summed E-state index contributed by atoms with van der Waals surface area (Å²) in [5, 5.41) is 4.90. The molecule has 0 radical (unpaired) electrons. The third-order valence-corrected chi connectivity index (χ3v) is 4.17. The van der Waals surface area contributed by atoms with Crippen molar-refractivity contribution in [2.45, 2.75) is 32.7 Å². The minimum Gasteiger partial charge on any atom is -0.371 e. The second kappa shape index (κ2) is 5.64. The number of fused-ring (bicyclic) bond motifs is 1. The van der Waals surface area contributed by atoms with Crippen LogP contribution in [0.2, 0.25) is 0 Å². The van der Waals surface area contributed by atoms with E-state index in [0.717, 1.165) is 31.1 Å². The first-order valence-electron chi connectivity index (χ1n) is 7.87. The monoisotopic (exact) mass is 283 g/mol. The van der Waals surface area contributed by atoms with Crippen LogP contribution in [0.5, 0.6) is 0 Å². The molecular formula is C18H25N3. The van der Waals surface area contributed by atoms with Gasteiger partial charge in [-0.25, -0.2) is 0 Å². The summed E-state index contributed by atoms with van der Waals surface area (Å²) < 4.78 is 0. The SMILES string of the molecule is CC(C)(C)NCC1CCN(c2cccc3ncccc23)C1. The third-order valence-electron chi connectivity index (χ3n) is 4.17. The minimum atomic E-state index is 0.205. The molecule has 2 heterocycles. The van der Waals surface area contributed by atoms with Gasteiger partial charge in [-0.2, -0.15) is 0 Å². The molecule has 1 aromatic carbocycles. The summed E-state index contributed by atoms with van der Waals surface area (Å²) in [5.41, 5.74) is 2.63. The van der Waals surface area contributed by atoms with E-state index < -0.39 is 0 Å². The zero-order valence-electron chi connectivity index (χ0n) is 13.3. The van der Waals surface area contributed by atoms with Crippen molar-refractivity contribution in [3.8, 4) is 0 Å². The molecule has 1 unspecified atom stereocenters. The summed E-state index contributed by atoms with van der Waals surface area (Å²) in [6, 6.07) is 10.6. The maximum atomic E-state index is 4.46. The fraction of sp³-hybridized carbons (Fsp3) is 0.500. The van der Waals surface area contributed by atoms with Gasteiger partial charge in [0.15, 0.2) is 0 Å². The highest BCUT2D eigenvalue weighted by atomic mass is 15.2. The molecule has 1 aliphatic heterocycles. The summed E-state index contributed by atoms with van der Waals surface area (Å²) in [5.74, 6) is 0.733. The van der Waals surface area contributed by atoms with Gasteiger partial charge in [0, 0.05) is 42.4 Å². The molecule has 3 heteroatoms. The minimum absolute atomic E-state index is 0.205. The van der Waals surface area contributed by atoms with Crippen LogP contribution in [0.4, 0.5) is 5.69 Å². The van der Waals surface area contributed by atoms with E-state index >= 15 is 0 Å². The Morgan fingerprint density at radius 3 is 2.90 bits per heavy atom. The second-order valence-corrected chi connectivity index (χ2v) is 7.08. The van der Waals surface area contributed by atoms with E-state index in [0.29, 0.717) is 0 Å². The highest BCUT2D eigenvalue weighted by Gasteiger charge is 2.24. The predicted molar refractivity (Wildman–Crippen MR) is 89.8 cm³/mol. The normalized spacial score (nSPS) is 19.4.